The Labute approximate surface area is 166 Å². The molecule has 2 aliphatic rings. The zero-order chi connectivity index (χ0) is 19.2. The molecule has 2 bridgehead atoms. The monoisotopic (exact) mass is 385 g/mol. The molecule has 4 aromatic rings. The number of anilines is 3. The van der Waals surface area contributed by atoms with Gasteiger partial charge in [0, 0.05) is 62.2 Å². The highest BCUT2D eigenvalue weighted by molar-refractivity contribution is 5.92. The van der Waals surface area contributed by atoms with Gasteiger partial charge in [0.2, 0.25) is 0 Å². The van der Waals surface area contributed by atoms with Crippen molar-refractivity contribution in [2.24, 2.45) is 0 Å². The lowest BCUT2D eigenvalue weighted by Crippen LogP contribution is -2.44. The van der Waals surface area contributed by atoms with Crippen LogP contribution < -0.4 is 15.5 Å². The summed E-state index contributed by atoms with van der Waals surface area (Å²) in [5.41, 5.74) is 1.93. The fraction of sp³-hybridized carbons (Fsp3) is 0.250. The first-order valence-electron chi connectivity index (χ1n) is 9.67. The van der Waals surface area contributed by atoms with Crippen molar-refractivity contribution in [3.63, 3.8) is 0 Å². The Morgan fingerprint density at radius 3 is 2.83 bits per heavy atom. The maximum absolute atomic E-state index is 4.81. The number of nitrogens with one attached hydrogen (secondary N) is 2. The van der Waals surface area contributed by atoms with Gasteiger partial charge >= 0.3 is 0 Å². The third kappa shape index (κ3) is 2.78. The van der Waals surface area contributed by atoms with Crippen LogP contribution in [0.4, 0.5) is 17.5 Å². The van der Waals surface area contributed by atoms with Crippen molar-refractivity contribution in [1.29, 1.82) is 0 Å². The van der Waals surface area contributed by atoms with Crippen molar-refractivity contribution in [1.82, 2.24) is 35.0 Å². The highest BCUT2D eigenvalue weighted by Crippen LogP contribution is 2.31. The normalized spacial score (nSPS) is 20.5. The molecule has 0 saturated carbocycles. The molecule has 9 heteroatoms. The lowest BCUT2D eigenvalue weighted by molar-refractivity contribution is 0.576. The molecule has 0 unspecified atom stereocenters. The van der Waals surface area contributed by atoms with Crippen LogP contribution in [0.1, 0.15) is 6.42 Å². The second kappa shape index (κ2) is 6.49. The van der Waals surface area contributed by atoms with Gasteiger partial charge in [0.1, 0.15) is 11.6 Å². The fourth-order valence-corrected chi connectivity index (χ4v) is 4.27. The van der Waals surface area contributed by atoms with Crippen LogP contribution in [0.5, 0.6) is 0 Å². The molecule has 144 valence electrons. The van der Waals surface area contributed by atoms with Crippen molar-refractivity contribution in [2.45, 2.75) is 18.5 Å². The van der Waals surface area contributed by atoms with Gasteiger partial charge in [-0.2, -0.15) is 0 Å². The van der Waals surface area contributed by atoms with Gasteiger partial charge in [-0.05, 0) is 18.6 Å². The fourth-order valence-electron chi connectivity index (χ4n) is 4.27. The molecule has 6 heterocycles. The molecule has 2 fully saturated rings. The number of hydrogen-bond donors (Lipinski definition) is 2. The zero-order valence-electron chi connectivity index (χ0n) is 15.6. The summed E-state index contributed by atoms with van der Waals surface area (Å²) in [5, 5.41) is 12.5. The second-order valence-corrected chi connectivity index (χ2v) is 7.39. The van der Waals surface area contributed by atoms with Gasteiger partial charge in [-0.25, -0.2) is 14.6 Å². The molecule has 9 nitrogen and oxygen atoms in total. The molecule has 29 heavy (non-hydrogen) atoms. The zero-order valence-corrected chi connectivity index (χ0v) is 15.6. The Morgan fingerprint density at radius 2 is 2.00 bits per heavy atom. The molecule has 0 amide bonds. The van der Waals surface area contributed by atoms with Gasteiger partial charge < -0.3 is 15.5 Å². The smallest absolute Gasteiger partial charge is 0.163 e. The Morgan fingerprint density at radius 1 is 1.03 bits per heavy atom. The summed E-state index contributed by atoms with van der Waals surface area (Å²) in [6.45, 7) is 2.03. The highest BCUT2D eigenvalue weighted by atomic mass is 15.3. The van der Waals surface area contributed by atoms with E-state index in [2.05, 4.69) is 41.5 Å². The van der Waals surface area contributed by atoms with Crippen molar-refractivity contribution < 1.29 is 0 Å². The van der Waals surface area contributed by atoms with E-state index >= 15 is 0 Å². The maximum Gasteiger partial charge on any atom is 0.163 e. The average Bonchev–Trinajstić information content (AvgIpc) is 3.50. The third-order valence-corrected chi connectivity index (χ3v) is 5.62. The van der Waals surface area contributed by atoms with Crippen LogP contribution in [0.2, 0.25) is 0 Å². The summed E-state index contributed by atoms with van der Waals surface area (Å²) in [5.74, 6) is 2.33. The summed E-state index contributed by atoms with van der Waals surface area (Å²) >= 11 is 0. The van der Waals surface area contributed by atoms with E-state index in [4.69, 9.17) is 5.10 Å². The van der Waals surface area contributed by atoms with E-state index in [-0.39, 0.29) is 0 Å². The molecule has 0 spiro atoms. The van der Waals surface area contributed by atoms with E-state index in [1.54, 1.807) is 24.8 Å². The van der Waals surface area contributed by atoms with Gasteiger partial charge in [-0.3, -0.25) is 9.97 Å². The Hall–Kier alpha value is -3.59. The van der Waals surface area contributed by atoms with Crippen LogP contribution in [-0.4, -0.2) is 54.9 Å². The molecule has 2 aliphatic heterocycles. The summed E-state index contributed by atoms with van der Waals surface area (Å²) in [7, 11) is 0. The minimum Gasteiger partial charge on any atom is -0.351 e. The number of rotatable bonds is 4. The van der Waals surface area contributed by atoms with Crippen LogP contribution in [-0.2, 0) is 0 Å². The van der Waals surface area contributed by atoms with Crippen LogP contribution in [0, 0.1) is 0 Å². The number of pyridine rings is 2. The van der Waals surface area contributed by atoms with Gasteiger partial charge in [-0.1, -0.05) is 0 Å². The van der Waals surface area contributed by atoms with Gasteiger partial charge in [0.15, 0.2) is 5.82 Å². The second-order valence-electron chi connectivity index (χ2n) is 7.39. The average molecular weight is 385 g/mol. The first-order valence-corrected chi connectivity index (χ1v) is 9.67. The van der Waals surface area contributed by atoms with E-state index in [1.165, 1.54) is 6.42 Å². The van der Waals surface area contributed by atoms with Crippen molar-refractivity contribution >= 4 is 28.4 Å². The first kappa shape index (κ1) is 16.4. The van der Waals surface area contributed by atoms with Crippen LogP contribution in [0.15, 0.2) is 55.4 Å². The number of piperazine rings is 1. The summed E-state index contributed by atoms with van der Waals surface area (Å²) in [4.78, 5) is 19.7. The molecule has 0 radical (unpaired) electrons. The lowest BCUT2D eigenvalue weighted by Gasteiger charge is -2.28. The Balaban J connectivity index is 1.41. The number of hydrogen-bond acceptors (Lipinski definition) is 8. The van der Waals surface area contributed by atoms with Crippen molar-refractivity contribution in [3.8, 4) is 5.69 Å². The highest BCUT2D eigenvalue weighted by Gasteiger charge is 2.38. The molecule has 4 aromatic heterocycles. The topological polar surface area (TPSA) is 96.7 Å². The molecule has 0 aliphatic carbocycles. The molecule has 2 N–H and O–H groups in total. The molecule has 6 rings (SSSR count). The lowest BCUT2D eigenvalue weighted by atomic mass is 10.2. The Kier molecular flexibility index (Phi) is 3.66. The largest absolute Gasteiger partial charge is 0.351 e. The number of fused-ring (bicyclic) bond motifs is 3. The minimum absolute atomic E-state index is 0.523. The predicted octanol–water partition coefficient (Wildman–Crippen LogP) is 1.90. The molecule has 2 saturated heterocycles. The van der Waals surface area contributed by atoms with Gasteiger partial charge in [0.25, 0.3) is 0 Å². The third-order valence-electron chi connectivity index (χ3n) is 5.62. The minimum atomic E-state index is 0.523. The van der Waals surface area contributed by atoms with Crippen LogP contribution in [0.3, 0.4) is 0 Å². The van der Waals surface area contributed by atoms with Crippen LogP contribution in [0.25, 0.3) is 16.6 Å². The van der Waals surface area contributed by atoms with E-state index in [0.29, 0.717) is 23.7 Å². The van der Waals surface area contributed by atoms with Gasteiger partial charge in [-0.15, -0.1) is 5.10 Å². The van der Waals surface area contributed by atoms with E-state index in [9.17, 15) is 0 Å². The van der Waals surface area contributed by atoms with Crippen LogP contribution >= 0.6 is 0 Å². The molecular formula is C20H19N9. The summed E-state index contributed by atoms with van der Waals surface area (Å²) in [6.07, 6.45) is 11.6. The SMILES string of the molecule is c1cnc(Nc2nn(-c3ccnc(N4C[C@@H]5C[C@H]4CN5)c3)c3ccncc23)cn1. The van der Waals surface area contributed by atoms with Gasteiger partial charge in [0.05, 0.1) is 22.8 Å². The quantitative estimate of drug-likeness (QED) is 0.550. The molecule has 0 aromatic carbocycles. The van der Waals surface area contributed by atoms with Crippen molar-refractivity contribution in [2.75, 3.05) is 23.3 Å². The van der Waals surface area contributed by atoms with E-state index in [1.807, 2.05) is 29.2 Å². The predicted molar refractivity (Wildman–Crippen MR) is 110 cm³/mol. The van der Waals surface area contributed by atoms with E-state index in [0.717, 1.165) is 35.5 Å². The number of nitrogens with zero attached hydrogens (tertiary/aromatic N) is 7. The van der Waals surface area contributed by atoms with E-state index < -0.39 is 0 Å². The Bertz CT molecular complexity index is 1170. The van der Waals surface area contributed by atoms with Crippen molar-refractivity contribution in [3.05, 3.63) is 55.4 Å². The first-order chi connectivity index (χ1) is 14.3. The summed E-state index contributed by atoms with van der Waals surface area (Å²) in [6, 6.07) is 7.15. The molecular weight excluding hydrogens is 366 g/mol. The maximum atomic E-state index is 4.81. The summed E-state index contributed by atoms with van der Waals surface area (Å²) < 4.78 is 1.92. The molecule has 2 atom stereocenters. The number of aromatic nitrogens is 6. The standard InChI is InChI=1S/C20H19N9/c1-4-24-19(28-12-13-7-15(28)9-25-13)8-14(1)29-17-2-3-21-10-16(17)20(27-29)26-18-11-22-5-6-23-18/h1-6,8,10-11,13,15,25H,7,9,12H2,(H,23,26,27)/t13-,15-/m0/s1.